The van der Waals surface area contributed by atoms with Crippen molar-refractivity contribution in [3.8, 4) is 0 Å². The van der Waals surface area contributed by atoms with Gasteiger partial charge < -0.3 is 5.73 Å². The zero-order valence-corrected chi connectivity index (χ0v) is 7.47. The molecule has 2 heterocycles. The van der Waals surface area contributed by atoms with E-state index in [0.29, 0.717) is 16.0 Å². The highest BCUT2D eigenvalue weighted by Gasteiger charge is 2.47. The lowest BCUT2D eigenvalue weighted by Crippen LogP contribution is -2.63. The first kappa shape index (κ1) is 6.72. The highest BCUT2D eigenvalue weighted by Crippen LogP contribution is 2.33. The first-order chi connectivity index (χ1) is 4.80. The Bertz CT molecular complexity index is 171. The standard InChI is InChI=1S/C6H8IN3/c7-3-5-4(8)6(3)10-2-1-9-5/h1-6H,8H2/t3?,4?,5-,6?/m1/s1. The van der Waals surface area contributed by atoms with Gasteiger partial charge in [0.1, 0.15) is 0 Å². The summed E-state index contributed by atoms with van der Waals surface area (Å²) in [5.74, 6) is 0. The fraction of sp³-hybridized carbons (Fsp3) is 0.667. The molecule has 0 spiro atoms. The van der Waals surface area contributed by atoms with Crippen LogP contribution in [0, 0.1) is 0 Å². The molecule has 0 amide bonds. The molecule has 3 unspecified atom stereocenters. The monoisotopic (exact) mass is 249 g/mol. The minimum absolute atomic E-state index is 0.164. The van der Waals surface area contributed by atoms with E-state index in [1.54, 1.807) is 12.4 Å². The molecule has 0 aromatic rings. The Kier molecular flexibility index (Phi) is 1.52. The Morgan fingerprint density at radius 1 is 1.20 bits per heavy atom. The fourth-order valence-electron chi connectivity index (χ4n) is 1.32. The van der Waals surface area contributed by atoms with Gasteiger partial charge in [-0.2, -0.15) is 0 Å². The van der Waals surface area contributed by atoms with Gasteiger partial charge in [-0.1, -0.05) is 22.6 Å². The minimum atomic E-state index is 0.164. The number of aliphatic imine (C=N–C) groups is 2. The molecule has 0 radical (unpaired) electrons. The second kappa shape index (κ2) is 2.27. The maximum Gasteiger partial charge on any atom is 0.0811 e. The van der Waals surface area contributed by atoms with Crippen LogP contribution in [-0.2, 0) is 0 Å². The third-order valence-corrected chi connectivity index (χ3v) is 3.50. The number of rotatable bonds is 0. The summed E-state index contributed by atoms with van der Waals surface area (Å²) in [6, 6.07) is 0.790. The molecule has 4 heteroatoms. The van der Waals surface area contributed by atoms with Gasteiger partial charge in [0.15, 0.2) is 0 Å². The van der Waals surface area contributed by atoms with E-state index in [9.17, 15) is 0 Å². The van der Waals surface area contributed by atoms with Crippen LogP contribution in [0.3, 0.4) is 0 Å². The van der Waals surface area contributed by atoms with Gasteiger partial charge in [-0.05, 0) is 0 Å². The molecule has 0 aromatic carbocycles. The number of fused-ring (bicyclic) bond motifs is 1. The summed E-state index contributed by atoms with van der Waals surface area (Å²) in [5.41, 5.74) is 5.79. The molecule has 4 atom stereocenters. The molecule has 3 nitrogen and oxygen atoms in total. The molecule has 1 aliphatic carbocycles. The molecule has 2 bridgehead atoms. The van der Waals surface area contributed by atoms with Crippen molar-refractivity contribution in [2.75, 3.05) is 0 Å². The van der Waals surface area contributed by atoms with Gasteiger partial charge in [-0.3, -0.25) is 9.98 Å². The molecular weight excluding hydrogens is 241 g/mol. The third kappa shape index (κ3) is 0.748. The molecule has 54 valence electrons. The number of hydrogen-bond acceptors (Lipinski definition) is 3. The van der Waals surface area contributed by atoms with Crippen LogP contribution in [-0.4, -0.2) is 34.5 Å². The van der Waals surface area contributed by atoms with E-state index in [1.165, 1.54) is 0 Å². The Hall–Kier alpha value is 0.0300. The summed E-state index contributed by atoms with van der Waals surface area (Å²) in [7, 11) is 0. The van der Waals surface area contributed by atoms with Crippen molar-refractivity contribution in [3.63, 3.8) is 0 Å². The lowest BCUT2D eigenvalue weighted by molar-refractivity contribution is 0.324. The Balaban J connectivity index is 2.27. The van der Waals surface area contributed by atoms with E-state index in [0.717, 1.165) is 0 Å². The van der Waals surface area contributed by atoms with Gasteiger partial charge in [-0.15, -0.1) is 0 Å². The Labute approximate surface area is 72.9 Å². The largest absolute Gasteiger partial charge is 0.324 e. The lowest BCUT2D eigenvalue weighted by Gasteiger charge is -2.41. The van der Waals surface area contributed by atoms with Crippen LogP contribution in [0.25, 0.3) is 0 Å². The van der Waals surface area contributed by atoms with Gasteiger partial charge in [-0.25, -0.2) is 0 Å². The maximum atomic E-state index is 5.79. The van der Waals surface area contributed by atoms with E-state index in [2.05, 4.69) is 32.6 Å². The summed E-state index contributed by atoms with van der Waals surface area (Å²) in [5, 5.41) is 0. The van der Waals surface area contributed by atoms with E-state index in [1.807, 2.05) is 0 Å². The molecule has 1 saturated carbocycles. The fourth-order valence-corrected chi connectivity index (χ4v) is 2.65. The van der Waals surface area contributed by atoms with Crippen LogP contribution < -0.4 is 5.73 Å². The van der Waals surface area contributed by atoms with Gasteiger partial charge in [0, 0.05) is 12.4 Å². The second-order valence-electron chi connectivity index (χ2n) is 2.60. The summed E-state index contributed by atoms with van der Waals surface area (Å²) in [6.07, 6.45) is 3.51. The zero-order valence-electron chi connectivity index (χ0n) is 5.31. The number of alkyl halides is 1. The van der Waals surface area contributed by atoms with Crippen molar-refractivity contribution in [1.29, 1.82) is 0 Å². The molecule has 0 aromatic heterocycles. The van der Waals surface area contributed by atoms with Gasteiger partial charge in [0.05, 0.1) is 22.1 Å². The quantitative estimate of drug-likeness (QED) is 0.477. The van der Waals surface area contributed by atoms with E-state index in [-0.39, 0.29) is 6.04 Å². The highest BCUT2D eigenvalue weighted by molar-refractivity contribution is 14.1. The average molecular weight is 249 g/mol. The summed E-state index contributed by atoms with van der Waals surface area (Å²) in [6.45, 7) is 0. The van der Waals surface area contributed by atoms with Crippen LogP contribution >= 0.6 is 22.6 Å². The predicted octanol–water partition coefficient (Wildman–Crippen LogP) is 0.0233. The average Bonchev–Trinajstić information content (AvgIpc) is 2.22. The van der Waals surface area contributed by atoms with Crippen LogP contribution in [0.5, 0.6) is 0 Å². The van der Waals surface area contributed by atoms with E-state index in [4.69, 9.17) is 5.73 Å². The van der Waals surface area contributed by atoms with Gasteiger partial charge in [0.25, 0.3) is 0 Å². The number of halogens is 1. The maximum absolute atomic E-state index is 5.79. The summed E-state index contributed by atoms with van der Waals surface area (Å²) in [4.78, 5) is 8.49. The number of nitrogens with two attached hydrogens (primary N) is 1. The number of nitrogens with zero attached hydrogens (tertiary/aromatic N) is 2. The smallest absolute Gasteiger partial charge is 0.0811 e. The molecule has 10 heavy (non-hydrogen) atoms. The Morgan fingerprint density at radius 3 is 2.10 bits per heavy atom. The molecule has 2 N–H and O–H groups in total. The summed E-state index contributed by atoms with van der Waals surface area (Å²) >= 11 is 2.37. The second-order valence-corrected chi connectivity index (χ2v) is 4.04. The topological polar surface area (TPSA) is 50.7 Å². The number of hydrogen-bond donors (Lipinski definition) is 1. The molecular formula is C6H8IN3. The van der Waals surface area contributed by atoms with Crippen molar-refractivity contribution in [2.24, 2.45) is 15.7 Å². The van der Waals surface area contributed by atoms with E-state index >= 15 is 0 Å². The molecule has 2 aliphatic heterocycles. The van der Waals surface area contributed by atoms with Crippen molar-refractivity contribution in [3.05, 3.63) is 0 Å². The van der Waals surface area contributed by atoms with E-state index < -0.39 is 0 Å². The van der Waals surface area contributed by atoms with Crippen LogP contribution in [0.1, 0.15) is 0 Å². The van der Waals surface area contributed by atoms with Gasteiger partial charge >= 0.3 is 0 Å². The third-order valence-electron chi connectivity index (χ3n) is 2.02. The SMILES string of the molecule is NC1C2N=CC=N[C@@H]1C2I. The van der Waals surface area contributed by atoms with Crippen LogP contribution in [0.2, 0.25) is 0 Å². The molecule has 0 saturated heterocycles. The first-order valence-electron chi connectivity index (χ1n) is 3.25. The van der Waals surface area contributed by atoms with Crippen molar-refractivity contribution < 1.29 is 0 Å². The highest BCUT2D eigenvalue weighted by atomic mass is 127. The molecule has 1 fully saturated rings. The van der Waals surface area contributed by atoms with Crippen LogP contribution in [0.4, 0.5) is 0 Å². The Morgan fingerprint density at radius 2 is 1.70 bits per heavy atom. The predicted molar refractivity (Wildman–Crippen MR) is 50.3 cm³/mol. The first-order valence-corrected chi connectivity index (χ1v) is 4.50. The van der Waals surface area contributed by atoms with Crippen molar-refractivity contribution >= 4 is 35.0 Å². The minimum Gasteiger partial charge on any atom is -0.324 e. The van der Waals surface area contributed by atoms with Crippen molar-refractivity contribution in [2.45, 2.75) is 22.1 Å². The van der Waals surface area contributed by atoms with Crippen LogP contribution in [0.15, 0.2) is 9.98 Å². The lowest BCUT2D eigenvalue weighted by atomic mass is 9.82. The molecule has 3 rings (SSSR count). The van der Waals surface area contributed by atoms with Gasteiger partial charge in [0.2, 0.25) is 0 Å². The normalized spacial score (nSPS) is 50.2. The summed E-state index contributed by atoms with van der Waals surface area (Å²) < 4.78 is 0.516. The molecule has 3 aliphatic rings. The zero-order chi connectivity index (χ0) is 7.14. The van der Waals surface area contributed by atoms with Crippen molar-refractivity contribution in [1.82, 2.24) is 0 Å².